The van der Waals surface area contributed by atoms with Crippen molar-refractivity contribution in [2.24, 2.45) is 5.92 Å². The first-order chi connectivity index (χ1) is 9.88. The average Bonchev–Trinajstić information content (AvgIpc) is 2.41. The van der Waals surface area contributed by atoms with Crippen LogP contribution in [0.1, 0.15) is 31.1 Å². The van der Waals surface area contributed by atoms with Gasteiger partial charge in [-0.05, 0) is 43.2 Å². The first-order valence-corrected chi connectivity index (χ1v) is 6.77. The maximum atomic E-state index is 13.0. The van der Waals surface area contributed by atoms with Crippen LogP contribution in [0.3, 0.4) is 0 Å². The highest BCUT2D eigenvalue weighted by Crippen LogP contribution is 2.17. The second kappa shape index (κ2) is 5.99. The fourth-order valence-corrected chi connectivity index (χ4v) is 2.03. The monoisotopic (exact) mass is 288 g/mol. The third kappa shape index (κ3) is 3.42. The fraction of sp³-hybridized carbons (Fsp3) is 0.312. The van der Waals surface area contributed by atoms with Gasteiger partial charge in [-0.1, -0.05) is 13.8 Å². The Morgan fingerprint density at radius 3 is 2.43 bits per heavy atom. The number of nitrogens with zero attached hydrogens (tertiary/aromatic N) is 2. The molecule has 0 unspecified atom stereocenters. The standard InChI is InChI=1S/C16H17FN2O2/c1-10(2)9-19-16(21)14(11(3)20)8-15(18-19)12-4-6-13(17)7-5-12/h4-8,10H,9H2,1-3H3. The van der Waals surface area contributed by atoms with Gasteiger partial charge in [-0.25, -0.2) is 9.07 Å². The molecule has 0 N–H and O–H groups in total. The van der Waals surface area contributed by atoms with Crippen molar-refractivity contribution in [3.8, 4) is 11.3 Å². The van der Waals surface area contributed by atoms with Gasteiger partial charge < -0.3 is 0 Å². The van der Waals surface area contributed by atoms with Gasteiger partial charge in [0.25, 0.3) is 5.56 Å². The van der Waals surface area contributed by atoms with E-state index in [0.717, 1.165) is 0 Å². The van der Waals surface area contributed by atoms with Crippen molar-refractivity contribution < 1.29 is 9.18 Å². The lowest BCUT2D eigenvalue weighted by atomic mass is 10.1. The molecule has 0 aliphatic carbocycles. The lowest BCUT2D eigenvalue weighted by Gasteiger charge is -2.11. The highest BCUT2D eigenvalue weighted by atomic mass is 19.1. The predicted octanol–water partition coefficient (Wildman–Crippen LogP) is 2.91. The van der Waals surface area contributed by atoms with E-state index in [0.29, 0.717) is 17.8 Å². The van der Waals surface area contributed by atoms with Crippen molar-refractivity contribution in [2.45, 2.75) is 27.3 Å². The Kier molecular flexibility index (Phi) is 4.31. The molecule has 0 radical (unpaired) electrons. The number of Topliss-reactive ketones (excluding diaryl/α,β-unsaturated/α-hetero) is 1. The van der Waals surface area contributed by atoms with Crippen molar-refractivity contribution in [2.75, 3.05) is 0 Å². The van der Waals surface area contributed by atoms with Crippen LogP contribution in [0.5, 0.6) is 0 Å². The minimum atomic E-state index is -0.387. The minimum Gasteiger partial charge on any atom is -0.294 e. The highest BCUT2D eigenvalue weighted by molar-refractivity contribution is 5.94. The lowest BCUT2D eigenvalue weighted by Crippen LogP contribution is -2.29. The van der Waals surface area contributed by atoms with E-state index in [4.69, 9.17) is 0 Å². The van der Waals surface area contributed by atoms with E-state index in [9.17, 15) is 14.0 Å². The Hall–Kier alpha value is -2.30. The molecule has 0 amide bonds. The van der Waals surface area contributed by atoms with E-state index < -0.39 is 0 Å². The maximum absolute atomic E-state index is 13.0. The molecule has 0 aliphatic rings. The Labute approximate surface area is 122 Å². The first kappa shape index (κ1) is 15.1. The quantitative estimate of drug-likeness (QED) is 0.813. The summed E-state index contributed by atoms with van der Waals surface area (Å²) in [4.78, 5) is 23.8. The average molecular weight is 288 g/mol. The Morgan fingerprint density at radius 2 is 1.90 bits per heavy atom. The molecule has 110 valence electrons. The third-order valence-corrected chi connectivity index (χ3v) is 3.03. The zero-order chi connectivity index (χ0) is 15.6. The second-order valence-corrected chi connectivity index (χ2v) is 5.39. The van der Waals surface area contributed by atoms with Crippen molar-refractivity contribution in [1.29, 1.82) is 0 Å². The topological polar surface area (TPSA) is 52.0 Å². The van der Waals surface area contributed by atoms with Crippen LogP contribution in [0.4, 0.5) is 4.39 Å². The predicted molar refractivity (Wildman–Crippen MR) is 78.7 cm³/mol. The van der Waals surface area contributed by atoms with E-state index in [1.165, 1.54) is 29.8 Å². The summed E-state index contributed by atoms with van der Waals surface area (Å²) in [6.07, 6.45) is 0. The molecule has 2 aromatic rings. The molecule has 0 spiro atoms. The number of carbonyl (C=O) groups excluding carboxylic acids is 1. The van der Waals surface area contributed by atoms with Gasteiger partial charge in [0.15, 0.2) is 5.78 Å². The van der Waals surface area contributed by atoms with Gasteiger partial charge >= 0.3 is 0 Å². The molecule has 1 aromatic heterocycles. The number of benzene rings is 1. The van der Waals surface area contributed by atoms with E-state index >= 15 is 0 Å². The molecular weight excluding hydrogens is 271 g/mol. The molecular formula is C16H17FN2O2. The molecule has 21 heavy (non-hydrogen) atoms. The van der Waals surface area contributed by atoms with E-state index in [1.54, 1.807) is 12.1 Å². The van der Waals surface area contributed by atoms with Crippen LogP contribution in [0.2, 0.25) is 0 Å². The third-order valence-electron chi connectivity index (χ3n) is 3.03. The van der Waals surface area contributed by atoms with Crippen LogP contribution < -0.4 is 5.56 Å². The molecule has 0 bridgehead atoms. The maximum Gasteiger partial charge on any atom is 0.277 e. The minimum absolute atomic E-state index is 0.102. The summed E-state index contributed by atoms with van der Waals surface area (Å²) in [7, 11) is 0. The summed E-state index contributed by atoms with van der Waals surface area (Å²) in [5.74, 6) is -0.428. The van der Waals surface area contributed by atoms with Crippen LogP contribution in [0.15, 0.2) is 35.1 Å². The van der Waals surface area contributed by atoms with Gasteiger partial charge in [0.2, 0.25) is 0 Å². The van der Waals surface area contributed by atoms with Gasteiger partial charge in [-0.3, -0.25) is 9.59 Å². The van der Waals surface area contributed by atoms with Crippen molar-refractivity contribution in [1.82, 2.24) is 9.78 Å². The number of rotatable bonds is 4. The second-order valence-electron chi connectivity index (χ2n) is 5.39. The molecule has 0 fully saturated rings. The number of carbonyl (C=O) groups is 1. The number of ketones is 1. The van der Waals surface area contributed by atoms with Crippen LogP contribution in [-0.2, 0) is 6.54 Å². The number of hydrogen-bond donors (Lipinski definition) is 0. The van der Waals surface area contributed by atoms with E-state index in [2.05, 4.69) is 5.10 Å². The summed E-state index contributed by atoms with van der Waals surface area (Å²) in [5.41, 5.74) is 0.865. The molecule has 2 rings (SSSR count). The van der Waals surface area contributed by atoms with Crippen LogP contribution in [0.25, 0.3) is 11.3 Å². The molecule has 0 atom stereocenters. The Balaban J connectivity index is 2.61. The molecule has 0 saturated carbocycles. The summed E-state index contributed by atoms with van der Waals surface area (Å²) in [6.45, 7) is 5.71. The number of hydrogen-bond acceptors (Lipinski definition) is 3. The number of halogens is 1. The van der Waals surface area contributed by atoms with Gasteiger partial charge in [0, 0.05) is 12.1 Å². The zero-order valence-electron chi connectivity index (χ0n) is 12.3. The van der Waals surface area contributed by atoms with Crippen LogP contribution in [-0.4, -0.2) is 15.6 Å². The first-order valence-electron chi connectivity index (χ1n) is 6.77. The normalized spacial score (nSPS) is 10.9. The largest absolute Gasteiger partial charge is 0.294 e. The van der Waals surface area contributed by atoms with Crippen LogP contribution in [0, 0.1) is 11.7 Å². The summed E-state index contributed by atoms with van der Waals surface area (Å²) < 4.78 is 14.3. The molecule has 5 heteroatoms. The van der Waals surface area contributed by atoms with Crippen LogP contribution >= 0.6 is 0 Å². The van der Waals surface area contributed by atoms with Crippen molar-refractivity contribution in [3.05, 3.63) is 52.1 Å². The summed E-state index contributed by atoms with van der Waals surface area (Å²) in [6, 6.07) is 7.26. The Morgan fingerprint density at radius 1 is 1.29 bits per heavy atom. The summed E-state index contributed by atoms with van der Waals surface area (Å²) in [5, 5.41) is 4.28. The van der Waals surface area contributed by atoms with Gasteiger partial charge in [0.1, 0.15) is 5.82 Å². The SMILES string of the molecule is CC(=O)c1cc(-c2ccc(F)cc2)nn(CC(C)C)c1=O. The highest BCUT2D eigenvalue weighted by Gasteiger charge is 2.14. The lowest BCUT2D eigenvalue weighted by molar-refractivity contribution is 0.101. The van der Waals surface area contributed by atoms with Gasteiger partial charge in [-0.15, -0.1) is 0 Å². The van der Waals surface area contributed by atoms with Crippen molar-refractivity contribution in [3.63, 3.8) is 0 Å². The van der Waals surface area contributed by atoms with Gasteiger partial charge in [-0.2, -0.15) is 5.10 Å². The molecule has 4 nitrogen and oxygen atoms in total. The molecule has 1 aromatic carbocycles. The summed E-state index contributed by atoms with van der Waals surface area (Å²) >= 11 is 0. The Bertz CT molecular complexity index is 718. The van der Waals surface area contributed by atoms with E-state index in [1.807, 2.05) is 13.8 Å². The zero-order valence-corrected chi connectivity index (χ0v) is 12.3. The molecule has 1 heterocycles. The van der Waals surface area contributed by atoms with E-state index in [-0.39, 0.29) is 28.6 Å². The fourth-order valence-electron chi connectivity index (χ4n) is 2.03. The molecule has 0 aliphatic heterocycles. The van der Waals surface area contributed by atoms with Gasteiger partial charge in [0.05, 0.1) is 11.3 Å². The van der Waals surface area contributed by atoms with Crippen molar-refractivity contribution >= 4 is 5.78 Å². The smallest absolute Gasteiger partial charge is 0.277 e. The molecule has 0 saturated heterocycles. The number of aromatic nitrogens is 2.